The molecule has 1 aromatic heterocycles. The fourth-order valence-electron chi connectivity index (χ4n) is 3.70. The van der Waals surface area contributed by atoms with Crippen LogP contribution < -0.4 is 4.74 Å². The third-order valence-corrected chi connectivity index (χ3v) is 5.96. The summed E-state index contributed by atoms with van der Waals surface area (Å²) >= 11 is 1.73. The van der Waals surface area contributed by atoms with Gasteiger partial charge >= 0.3 is 0 Å². The normalized spacial score (nSPS) is 17.9. The van der Waals surface area contributed by atoms with Gasteiger partial charge in [0.2, 0.25) is 0 Å². The minimum Gasteiger partial charge on any atom is -0.472 e. The van der Waals surface area contributed by atoms with Crippen LogP contribution in [-0.4, -0.2) is 0 Å². The SMILES string of the molecule is C(=C\[C@]1(c2cccs2)Oc2ccccc2-c2ccccc21)/c1ccccc1. The average molecular weight is 366 g/mol. The van der Waals surface area contributed by atoms with Crippen LogP contribution in [0.2, 0.25) is 0 Å². The highest BCUT2D eigenvalue weighted by Gasteiger charge is 2.41. The molecule has 2 heteroatoms. The fourth-order valence-corrected chi connectivity index (χ4v) is 4.56. The van der Waals surface area contributed by atoms with E-state index < -0.39 is 5.60 Å². The molecule has 1 nitrogen and oxygen atoms in total. The zero-order valence-electron chi connectivity index (χ0n) is 14.7. The van der Waals surface area contributed by atoms with E-state index in [0.717, 1.165) is 16.9 Å². The van der Waals surface area contributed by atoms with Gasteiger partial charge in [-0.3, -0.25) is 0 Å². The van der Waals surface area contributed by atoms with Crippen molar-refractivity contribution < 1.29 is 4.74 Å². The van der Waals surface area contributed by atoms with Gasteiger partial charge in [-0.1, -0.05) is 84.9 Å². The maximum atomic E-state index is 6.74. The van der Waals surface area contributed by atoms with E-state index in [9.17, 15) is 0 Å². The Kier molecular flexibility index (Phi) is 3.92. The van der Waals surface area contributed by atoms with E-state index in [1.165, 1.54) is 16.0 Å². The number of rotatable bonds is 3. The minimum atomic E-state index is -0.630. The maximum Gasteiger partial charge on any atom is 0.187 e. The lowest BCUT2D eigenvalue weighted by Crippen LogP contribution is -2.34. The van der Waals surface area contributed by atoms with Crippen LogP contribution in [0.3, 0.4) is 0 Å². The fraction of sp³-hybridized carbons (Fsp3) is 0.0400. The number of thiophene rings is 1. The molecule has 0 spiro atoms. The summed E-state index contributed by atoms with van der Waals surface area (Å²) < 4.78 is 6.74. The standard InChI is InChI=1S/C25H18OS/c1-2-9-19(10-3-1)16-17-25(24-15-8-18-27-24)22-13-6-4-11-20(22)21-12-5-7-14-23(21)26-25/h1-18H/b17-16+/t25-/m0/s1. The second-order valence-corrected chi connectivity index (χ2v) is 7.55. The first-order valence-corrected chi connectivity index (χ1v) is 9.91. The molecule has 0 saturated carbocycles. The van der Waals surface area contributed by atoms with Gasteiger partial charge in [0.05, 0.1) is 4.88 Å². The van der Waals surface area contributed by atoms with Crippen molar-refractivity contribution in [3.05, 3.63) is 118 Å². The van der Waals surface area contributed by atoms with Gasteiger partial charge in [-0.05, 0) is 34.7 Å². The van der Waals surface area contributed by atoms with Crippen LogP contribution in [0.5, 0.6) is 5.75 Å². The van der Waals surface area contributed by atoms with Gasteiger partial charge in [-0.2, -0.15) is 0 Å². The van der Waals surface area contributed by atoms with Gasteiger partial charge < -0.3 is 4.74 Å². The van der Waals surface area contributed by atoms with Gasteiger partial charge in [0.1, 0.15) is 5.75 Å². The van der Waals surface area contributed by atoms with E-state index in [1.54, 1.807) is 11.3 Å². The summed E-state index contributed by atoms with van der Waals surface area (Å²) in [4.78, 5) is 1.18. The number of benzene rings is 3. The molecule has 0 fully saturated rings. The molecule has 1 aliphatic rings. The molecule has 5 rings (SSSR count). The number of ether oxygens (including phenoxy) is 1. The molecule has 0 N–H and O–H groups in total. The molecule has 0 aliphatic carbocycles. The van der Waals surface area contributed by atoms with Crippen LogP contribution in [0.25, 0.3) is 17.2 Å². The lowest BCUT2D eigenvalue weighted by molar-refractivity contribution is 0.165. The topological polar surface area (TPSA) is 9.23 Å². The van der Waals surface area contributed by atoms with Crippen LogP contribution in [0, 0.1) is 0 Å². The molecule has 27 heavy (non-hydrogen) atoms. The van der Waals surface area contributed by atoms with Crippen LogP contribution in [-0.2, 0) is 5.60 Å². The summed E-state index contributed by atoms with van der Waals surface area (Å²) in [5, 5.41) is 2.11. The molecule has 0 amide bonds. The van der Waals surface area contributed by atoms with Crippen molar-refractivity contribution in [1.82, 2.24) is 0 Å². The predicted octanol–water partition coefficient (Wildman–Crippen LogP) is 6.76. The molecule has 2 heterocycles. The lowest BCUT2D eigenvalue weighted by Gasteiger charge is -2.38. The highest BCUT2D eigenvalue weighted by Crippen LogP contribution is 2.50. The monoisotopic (exact) mass is 366 g/mol. The van der Waals surface area contributed by atoms with Crippen molar-refractivity contribution in [2.75, 3.05) is 0 Å². The van der Waals surface area contributed by atoms with Gasteiger partial charge in [-0.15, -0.1) is 11.3 Å². The highest BCUT2D eigenvalue weighted by molar-refractivity contribution is 7.10. The Hall–Kier alpha value is -3.10. The maximum absolute atomic E-state index is 6.74. The van der Waals surface area contributed by atoms with Crippen molar-refractivity contribution in [1.29, 1.82) is 0 Å². The van der Waals surface area contributed by atoms with E-state index >= 15 is 0 Å². The van der Waals surface area contributed by atoms with E-state index in [0.29, 0.717) is 0 Å². The second-order valence-electron chi connectivity index (χ2n) is 6.60. The Morgan fingerprint density at radius 1 is 0.704 bits per heavy atom. The van der Waals surface area contributed by atoms with Crippen LogP contribution in [0.1, 0.15) is 16.0 Å². The summed E-state index contributed by atoms with van der Waals surface area (Å²) in [7, 11) is 0. The molecule has 0 saturated heterocycles. The molecular weight excluding hydrogens is 348 g/mol. The van der Waals surface area contributed by atoms with E-state index in [2.05, 4.69) is 96.4 Å². The zero-order chi connectivity index (χ0) is 18.1. The minimum absolute atomic E-state index is 0.630. The molecule has 1 atom stereocenters. The smallest absolute Gasteiger partial charge is 0.187 e. The molecule has 3 aromatic carbocycles. The number of fused-ring (bicyclic) bond motifs is 3. The number of hydrogen-bond donors (Lipinski definition) is 0. The Labute approximate surface area is 163 Å². The van der Waals surface area contributed by atoms with Gasteiger partial charge in [0.15, 0.2) is 5.60 Å². The Bertz CT molecular complexity index is 1100. The van der Waals surface area contributed by atoms with Crippen molar-refractivity contribution in [2.24, 2.45) is 0 Å². The Morgan fingerprint density at radius 2 is 1.44 bits per heavy atom. The van der Waals surface area contributed by atoms with Gasteiger partial charge in [0.25, 0.3) is 0 Å². The number of para-hydroxylation sites is 1. The van der Waals surface area contributed by atoms with Crippen LogP contribution in [0.4, 0.5) is 0 Å². The van der Waals surface area contributed by atoms with E-state index in [1.807, 2.05) is 12.1 Å². The first-order valence-electron chi connectivity index (χ1n) is 9.03. The summed E-state index contributed by atoms with van der Waals surface area (Å²) in [6.45, 7) is 0. The zero-order valence-corrected chi connectivity index (χ0v) is 15.5. The lowest BCUT2D eigenvalue weighted by atomic mass is 9.82. The highest BCUT2D eigenvalue weighted by atomic mass is 32.1. The summed E-state index contributed by atoms with van der Waals surface area (Å²) in [5.74, 6) is 0.919. The van der Waals surface area contributed by atoms with Crippen LogP contribution >= 0.6 is 11.3 Å². The third-order valence-electron chi connectivity index (χ3n) is 4.97. The first-order chi connectivity index (χ1) is 13.4. The largest absolute Gasteiger partial charge is 0.472 e. The molecule has 0 unspecified atom stereocenters. The van der Waals surface area contributed by atoms with Gasteiger partial charge in [-0.25, -0.2) is 0 Å². The molecule has 0 bridgehead atoms. The summed E-state index contributed by atoms with van der Waals surface area (Å²) in [6.07, 6.45) is 4.35. The predicted molar refractivity (Wildman–Crippen MR) is 113 cm³/mol. The third kappa shape index (κ3) is 2.70. The molecule has 0 radical (unpaired) electrons. The second kappa shape index (κ2) is 6.57. The Morgan fingerprint density at radius 3 is 2.26 bits per heavy atom. The quantitative estimate of drug-likeness (QED) is 0.389. The Balaban J connectivity index is 1.76. The molecular formula is C25H18OS. The van der Waals surface area contributed by atoms with E-state index in [-0.39, 0.29) is 0 Å². The number of hydrogen-bond acceptors (Lipinski definition) is 2. The first kappa shape index (κ1) is 16.1. The molecule has 1 aliphatic heterocycles. The average Bonchev–Trinajstić information content (AvgIpc) is 3.28. The summed E-state index contributed by atoms with van der Waals surface area (Å²) in [5.41, 5.74) is 4.08. The van der Waals surface area contributed by atoms with E-state index in [4.69, 9.17) is 4.74 Å². The van der Waals surface area contributed by atoms with Crippen molar-refractivity contribution >= 4 is 17.4 Å². The van der Waals surface area contributed by atoms with Crippen molar-refractivity contribution in [2.45, 2.75) is 5.60 Å². The molecule has 4 aromatic rings. The van der Waals surface area contributed by atoms with Crippen LogP contribution in [0.15, 0.2) is 102 Å². The summed E-state index contributed by atoms with van der Waals surface area (Å²) in [6, 6.07) is 31.5. The molecule has 130 valence electrons. The van der Waals surface area contributed by atoms with Crippen molar-refractivity contribution in [3.8, 4) is 16.9 Å². The van der Waals surface area contributed by atoms with Crippen molar-refractivity contribution in [3.63, 3.8) is 0 Å². The van der Waals surface area contributed by atoms with Gasteiger partial charge in [0, 0.05) is 11.1 Å².